The van der Waals surface area contributed by atoms with E-state index in [0.29, 0.717) is 12.3 Å². The van der Waals surface area contributed by atoms with Crippen molar-refractivity contribution in [2.45, 2.75) is 19.3 Å². The number of Topliss-reactive ketones (excluding diaryl/α,β-unsaturated/α-hetero) is 1. The van der Waals surface area contributed by atoms with Crippen LogP contribution in [-0.2, 0) is 0 Å². The standard InChI is InChI=1S/C12H11NO/c1-7-6-10(14)12-11(7)8-4-2-3-5-9(8)13-12/h2-5,7,13H,6H2,1H3. The third-order valence-electron chi connectivity index (χ3n) is 3.01. The number of para-hydroxylation sites is 1. The zero-order chi connectivity index (χ0) is 9.71. The highest BCUT2D eigenvalue weighted by atomic mass is 16.1. The molecule has 70 valence electrons. The first-order chi connectivity index (χ1) is 6.77. The Morgan fingerprint density at radius 2 is 2.14 bits per heavy atom. The lowest BCUT2D eigenvalue weighted by Gasteiger charge is -2.00. The monoisotopic (exact) mass is 185 g/mol. The van der Waals surface area contributed by atoms with Gasteiger partial charge in [0.1, 0.15) is 0 Å². The molecular weight excluding hydrogens is 174 g/mol. The van der Waals surface area contributed by atoms with Crippen LogP contribution in [0.2, 0.25) is 0 Å². The summed E-state index contributed by atoms with van der Waals surface area (Å²) in [5.41, 5.74) is 3.13. The van der Waals surface area contributed by atoms with E-state index in [1.54, 1.807) is 0 Å². The second kappa shape index (κ2) is 2.47. The Morgan fingerprint density at radius 1 is 1.36 bits per heavy atom. The van der Waals surface area contributed by atoms with Crippen LogP contribution in [0.25, 0.3) is 10.9 Å². The fourth-order valence-corrected chi connectivity index (χ4v) is 2.38. The molecule has 2 aromatic rings. The third kappa shape index (κ3) is 0.830. The molecule has 1 aliphatic rings. The number of carbonyl (C=O) groups is 1. The largest absolute Gasteiger partial charge is 0.352 e. The summed E-state index contributed by atoms with van der Waals surface area (Å²) < 4.78 is 0. The molecule has 0 amide bonds. The first kappa shape index (κ1) is 7.80. The average Bonchev–Trinajstić information content (AvgIpc) is 2.66. The van der Waals surface area contributed by atoms with Gasteiger partial charge >= 0.3 is 0 Å². The number of nitrogens with one attached hydrogen (secondary N) is 1. The molecule has 2 nitrogen and oxygen atoms in total. The Bertz CT molecular complexity index is 524. The topological polar surface area (TPSA) is 32.9 Å². The predicted octanol–water partition coefficient (Wildman–Crippen LogP) is 2.86. The Labute approximate surface area is 81.9 Å². The number of ketones is 1. The van der Waals surface area contributed by atoms with E-state index in [0.717, 1.165) is 11.2 Å². The van der Waals surface area contributed by atoms with Crippen molar-refractivity contribution in [3.63, 3.8) is 0 Å². The Hall–Kier alpha value is -1.57. The maximum atomic E-state index is 11.6. The molecule has 14 heavy (non-hydrogen) atoms. The van der Waals surface area contributed by atoms with Gasteiger partial charge in [0.15, 0.2) is 5.78 Å². The van der Waals surface area contributed by atoms with Crippen LogP contribution >= 0.6 is 0 Å². The summed E-state index contributed by atoms with van der Waals surface area (Å²) >= 11 is 0. The van der Waals surface area contributed by atoms with Gasteiger partial charge in [-0.2, -0.15) is 0 Å². The van der Waals surface area contributed by atoms with E-state index in [9.17, 15) is 4.79 Å². The van der Waals surface area contributed by atoms with Crippen molar-refractivity contribution in [3.8, 4) is 0 Å². The van der Waals surface area contributed by atoms with E-state index >= 15 is 0 Å². The van der Waals surface area contributed by atoms with Gasteiger partial charge in [0.2, 0.25) is 0 Å². The number of hydrogen-bond donors (Lipinski definition) is 1. The molecule has 1 N–H and O–H groups in total. The van der Waals surface area contributed by atoms with Gasteiger partial charge in [-0.3, -0.25) is 4.79 Å². The van der Waals surface area contributed by atoms with Gasteiger partial charge in [0.25, 0.3) is 0 Å². The molecule has 1 heterocycles. The highest BCUT2D eigenvalue weighted by Gasteiger charge is 2.29. The maximum absolute atomic E-state index is 11.6. The van der Waals surface area contributed by atoms with E-state index in [-0.39, 0.29) is 5.78 Å². The molecule has 1 unspecified atom stereocenters. The quantitative estimate of drug-likeness (QED) is 0.672. The molecule has 1 aromatic carbocycles. The summed E-state index contributed by atoms with van der Waals surface area (Å²) in [7, 11) is 0. The number of rotatable bonds is 0. The number of hydrogen-bond acceptors (Lipinski definition) is 1. The lowest BCUT2D eigenvalue weighted by Crippen LogP contribution is -1.92. The first-order valence-corrected chi connectivity index (χ1v) is 4.91. The highest BCUT2D eigenvalue weighted by Crippen LogP contribution is 2.37. The molecule has 1 aliphatic carbocycles. The summed E-state index contributed by atoms with van der Waals surface area (Å²) in [5, 5.41) is 1.21. The Morgan fingerprint density at radius 3 is 3.00 bits per heavy atom. The Kier molecular flexibility index (Phi) is 1.38. The number of carbonyl (C=O) groups excluding carboxylic acids is 1. The molecule has 0 fully saturated rings. The van der Waals surface area contributed by atoms with Crippen molar-refractivity contribution >= 4 is 16.7 Å². The smallest absolute Gasteiger partial charge is 0.179 e. The van der Waals surface area contributed by atoms with Gasteiger partial charge in [-0.25, -0.2) is 0 Å². The van der Waals surface area contributed by atoms with Crippen LogP contribution in [-0.4, -0.2) is 10.8 Å². The number of aromatic nitrogens is 1. The van der Waals surface area contributed by atoms with E-state index in [1.807, 2.05) is 18.2 Å². The number of H-pyrrole nitrogens is 1. The molecule has 2 heteroatoms. The number of fused-ring (bicyclic) bond motifs is 3. The van der Waals surface area contributed by atoms with Crippen molar-refractivity contribution in [2.75, 3.05) is 0 Å². The molecule has 1 aromatic heterocycles. The summed E-state index contributed by atoms with van der Waals surface area (Å²) in [6.45, 7) is 2.12. The second-order valence-electron chi connectivity index (χ2n) is 3.99. The molecule has 0 bridgehead atoms. The zero-order valence-corrected chi connectivity index (χ0v) is 8.00. The minimum absolute atomic E-state index is 0.253. The van der Waals surface area contributed by atoms with Crippen LogP contribution < -0.4 is 0 Å². The summed E-state index contributed by atoms with van der Waals surface area (Å²) in [6, 6.07) is 8.11. The minimum atomic E-state index is 0.253. The van der Waals surface area contributed by atoms with Crippen molar-refractivity contribution in [3.05, 3.63) is 35.5 Å². The SMILES string of the molecule is CC1CC(=O)c2[nH]c3ccccc3c21. The van der Waals surface area contributed by atoms with Gasteiger partial charge in [-0.15, -0.1) is 0 Å². The average molecular weight is 185 g/mol. The molecule has 0 aliphatic heterocycles. The lowest BCUT2D eigenvalue weighted by molar-refractivity contribution is 0.0986. The van der Waals surface area contributed by atoms with E-state index in [2.05, 4.69) is 18.0 Å². The fourth-order valence-electron chi connectivity index (χ4n) is 2.38. The van der Waals surface area contributed by atoms with Crippen molar-refractivity contribution in [1.29, 1.82) is 0 Å². The predicted molar refractivity (Wildman–Crippen MR) is 55.7 cm³/mol. The fraction of sp³-hybridized carbons (Fsp3) is 0.250. The third-order valence-corrected chi connectivity index (χ3v) is 3.01. The molecular formula is C12H11NO. The van der Waals surface area contributed by atoms with Crippen LogP contribution in [0.1, 0.15) is 35.3 Å². The lowest BCUT2D eigenvalue weighted by atomic mass is 10.0. The van der Waals surface area contributed by atoms with Crippen LogP contribution in [0, 0.1) is 0 Å². The molecule has 1 atom stereocenters. The maximum Gasteiger partial charge on any atom is 0.179 e. The van der Waals surface area contributed by atoms with Gasteiger partial charge < -0.3 is 4.98 Å². The van der Waals surface area contributed by atoms with E-state index in [4.69, 9.17) is 0 Å². The van der Waals surface area contributed by atoms with Crippen LogP contribution in [0.5, 0.6) is 0 Å². The molecule has 0 saturated carbocycles. The Balaban J connectivity index is 2.43. The van der Waals surface area contributed by atoms with Crippen molar-refractivity contribution < 1.29 is 4.79 Å². The van der Waals surface area contributed by atoms with E-state index in [1.165, 1.54) is 10.9 Å². The van der Waals surface area contributed by atoms with E-state index < -0.39 is 0 Å². The molecule has 0 spiro atoms. The minimum Gasteiger partial charge on any atom is -0.352 e. The van der Waals surface area contributed by atoms with Crippen LogP contribution in [0.4, 0.5) is 0 Å². The van der Waals surface area contributed by atoms with Crippen LogP contribution in [0.3, 0.4) is 0 Å². The molecule has 3 rings (SSSR count). The first-order valence-electron chi connectivity index (χ1n) is 4.91. The number of benzene rings is 1. The molecule has 0 radical (unpaired) electrons. The van der Waals surface area contributed by atoms with Gasteiger partial charge in [-0.1, -0.05) is 25.1 Å². The summed E-state index contributed by atoms with van der Waals surface area (Å²) in [5.74, 6) is 0.623. The zero-order valence-electron chi connectivity index (χ0n) is 8.00. The summed E-state index contributed by atoms with van der Waals surface area (Å²) in [4.78, 5) is 14.8. The molecule has 0 saturated heterocycles. The summed E-state index contributed by atoms with van der Waals surface area (Å²) in [6.07, 6.45) is 0.659. The van der Waals surface area contributed by atoms with Gasteiger partial charge in [-0.05, 0) is 17.5 Å². The highest BCUT2D eigenvalue weighted by molar-refractivity contribution is 6.06. The van der Waals surface area contributed by atoms with Gasteiger partial charge in [0.05, 0.1) is 5.69 Å². The van der Waals surface area contributed by atoms with Crippen LogP contribution in [0.15, 0.2) is 24.3 Å². The van der Waals surface area contributed by atoms with Crippen molar-refractivity contribution in [1.82, 2.24) is 4.98 Å². The second-order valence-corrected chi connectivity index (χ2v) is 3.99. The van der Waals surface area contributed by atoms with Crippen molar-refractivity contribution in [2.24, 2.45) is 0 Å². The number of aromatic amines is 1. The van der Waals surface area contributed by atoms with Gasteiger partial charge in [0, 0.05) is 17.3 Å². The normalized spacial score (nSPS) is 20.4.